The van der Waals surface area contributed by atoms with E-state index in [1.54, 1.807) is 0 Å². The molecule has 9 heteroatoms. The second-order valence-electron chi connectivity index (χ2n) is 13.5. The third-order valence-electron chi connectivity index (χ3n) is 6.53. The van der Waals surface area contributed by atoms with Gasteiger partial charge < -0.3 is 0 Å². The molecule has 0 amide bonds. The third-order valence-corrected chi connectivity index (χ3v) is 11.4. The minimum atomic E-state index is -1.95. The van der Waals surface area contributed by atoms with Crippen LogP contribution in [0.4, 0.5) is 17.1 Å². The van der Waals surface area contributed by atoms with Crippen LogP contribution in [0.5, 0.6) is 0 Å². The van der Waals surface area contributed by atoms with Crippen LogP contribution in [0.15, 0.2) is 106 Å². The Balaban J connectivity index is 2.32. The molecule has 0 saturated heterocycles. The van der Waals surface area contributed by atoms with Gasteiger partial charge in [0, 0.05) is 17.1 Å². The predicted octanol–water partition coefficient (Wildman–Crippen LogP) is 9.51. The van der Waals surface area contributed by atoms with Crippen LogP contribution in [-0.2, 0) is 0 Å². The quantitative estimate of drug-likeness (QED) is 0.116. The van der Waals surface area contributed by atoms with Crippen molar-refractivity contribution in [1.29, 1.82) is 0 Å². The molecule has 0 aliphatic rings. The van der Waals surface area contributed by atoms with Crippen LogP contribution >= 0.6 is 0 Å². The lowest BCUT2D eigenvalue weighted by molar-refractivity contribution is 1.09. The summed E-state index contributed by atoms with van der Waals surface area (Å²) >= 11 is 0. The van der Waals surface area contributed by atoms with Gasteiger partial charge in [0.1, 0.15) is 5.71 Å². The molecule has 0 radical (unpaired) electrons. The highest BCUT2D eigenvalue weighted by molar-refractivity contribution is 6.82. The van der Waals surface area contributed by atoms with E-state index in [2.05, 4.69) is 178 Å². The summed E-state index contributed by atoms with van der Waals surface area (Å²) < 4.78 is 6.73. The van der Waals surface area contributed by atoms with E-state index in [4.69, 9.17) is 15.3 Å². The van der Waals surface area contributed by atoms with Gasteiger partial charge in [-0.2, -0.15) is 15.3 Å². The highest BCUT2D eigenvalue weighted by Crippen LogP contribution is 2.26. The van der Waals surface area contributed by atoms with Crippen molar-refractivity contribution in [3.63, 3.8) is 0 Å². The molecule has 0 fully saturated rings. The molecule has 0 heterocycles. The van der Waals surface area contributed by atoms with Gasteiger partial charge in [-0.3, -0.25) is 14.0 Å². The normalized spacial score (nSPS) is 13.6. The van der Waals surface area contributed by atoms with E-state index in [1.165, 1.54) is 0 Å². The van der Waals surface area contributed by atoms with Crippen molar-refractivity contribution in [3.05, 3.63) is 91.0 Å². The van der Waals surface area contributed by atoms with Gasteiger partial charge in [-0.1, -0.05) is 61.5 Å². The van der Waals surface area contributed by atoms with Crippen LogP contribution in [0.3, 0.4) is 0 Å². The van der Waals surface area contributed by atoms with E-state index in [-0.39, 0.29) is 0 Å². The van der Waals surface area contributed by atoms with E-state index in [0.29, 0.717) is 0 Å². The second-order valence-corrected chi connectivity index (χ2v) is 27.8. The Labute approximate surface area is 257 Å². The predicted molar refractivity (Wildman–Crippen MR) is 195 cm³/mol. The summed E-state index contributed by atoms with van der Waals surface area (Å²) in [4.78, 5) is 0. The first kappa shape index (κ1) is 33.2. The maximum Gasteiger partial charge on any atom is 0.176 e. The topological polar surface area (TPSA) is 46.8 Å². The van der Waals surface area contributed by atoms with Crippen molar-refractivity contribution in [3.8, 4) is 0 Å². The van der Waals surface area contributed by atoms with Gasteiger partial charge in [-0.15, -0.1) is 0 Å². The Morgan fingerprint density at radius 1 is 0.500 bits per heavy atom. The number of anilines is 3. The fourth-order valence-electron chi connectivity index (χ4n) is 4.54. The Hall–Kier alpha value is -3.28. The van der Waals surface area contributed by atoms with Gasteiger partial charge >= 0.3 is 0 Å². The number of benzene rings is 3. The third kappa shape index (κ3) is 8.86. The van der Waals surface area contributed by atoms with Gasteiger partial charge in [0.2, 0.25) is 0 Å². The maximum absolute atomic E-state index is 5.47. The first-order valence-corrected chi connectivity index (χ1v) is 25.2. The van der Waals surface area contributed by atoms with Crippen LogP contribution in [0.25, 0.3) is 0 Å². The van der Waals surface area contributed by atoms with E-state index in [1.807, 2.05) is 0 Å². The number of para-hydroxylation sites is 3. The standard InChI is InChI=1S/C33H50N6Si3/c1-12-32(35-38(41(6,7)8)30-24-18-14-19-25-30)33(36-39(42(9,10)11)31-26-20-15-21-27-31)28(2)34-37(40(3,4)5)29-22-16-13-17-23-29/h13-27H,12H2,1-11H3/b34-28+,35-32+,36-33-. The first-order valence-electron chi connectivity index (χ1n) is 14.9. The molecule has 0 aromatic heterocycles. The summed E-state index contributed by atoms with van der Waals surface area (Å²) in [5.74, 6) is 0. The molecular weight excluding hydrogens is 565 g/mol. The molecule has 0 spiro atoms. The van der Waals surface area contributed by atoms with Crippen molar-refractivity contribution in [2.24, 2.45) is 15.3 Å². The Morgan fingerprint density at radius 2 is 0.810 bits per heavy atom. The summed E-state index contributed by atoms with van der Waals surface area (Å²) in [5.41, 5.74) is 5.93. The molecule has 3 rings (SSSR count). The van der Waals surface area contributed by atoms with Gasteiger partial charge in [0.25, 0.3) is 0 Å². The van der Waals surface area contributed by atoms with Crippen LogP contribution in [0.1, 0.15) is 20.3 Å². The zero-order valence-corrected chi connectivity index (χ0v) is 30.6. The number of rotatable bonds is 12. The zero-order valence-electron chi connectivity index (χ0n) is 27.6. The number of hydrazone groups is 3. The largest absolute Gasteiger partial charge is 0.295 e. The van der Waals surface area contributed by atoms with Crippen LogP contribution < -0.4 is 14.0 Å². The van der Waals surface area contributed by atoms with E-state index in [9.17, 15) is 0 Å². The van der Waals surface area contributed by atoms with E-state index >= 15 is 0 Å². The molecule has 0 aliphatic carbocycles. The molecule has 3 aromatic rings. The van der Waals surface area contributed by atoms with Crippen LogP contribution in [-0.4, -0.2) is 41.8 Å². The molecule has 0 unspecified atom stereocenters. The highest BCUT2D eigenvalue weighted by Gasteiger charge is 2.30. The number of hydrogen-bond acceptors (Lipinski definition) is 6. The fourth-order valence-corrected chi connectivity index (χ4v) is 8.58. The second kappa shape index (κ2) is 13.8. The Bertz CT molecular complexity index is 1370. The molecule has 0 N–H and O–H groups in total. The molecule has 224 valence electrons. The minimum Gasteiger partial charge on any atom is -0.295 e. The molecule has 0 aliphatic heterocycles. The monoisotopic (exact) mass is 614 g/mol. The molecule has 0 bridgehead atoms. The molecule has 42 heavy (non-hydrogen) atoms. The van der Waals surface area contributed by atoms with Gasteiger partial charge in [-0.05, 0) is 109 Å². The summed E-state index contributed by atoms with van der Waals surface area (Å²) in [5, 5.41) is 16.2. The fraction of sp³-hybridized carbons (Fsp3) is 0.364. The lowest BCUT2D eigenvalue weighted by Gasteiger charge is -2.35. The van der Waals surface area contributed by atoms with E-state index < -0.39 is 24.7 Å². The van der Waals surface area contributed by atoms with Gasteiger partial charge in [0.05, 0.1) is 11.4 Å². The molecule has 3 aromatic carbocycles. The summed E-state index contributed by atoms with van der Waals surface area (Å²) in [6, 6.07) is 31.5. The summed E-state index contributed by atoms with van der Waals surface area (Å²) in [6.07, 6.45) is 0.728. The number of nitrogens with zero attached hydrogens (tertiary/aromatic N) is 6. The van der Waals surface area contributed by atoms with Crippen molar-refractivity contribution >= 4 is 58.9 Å². The van der Waals surface area contributed by atoms with Crippen molar-refractivity contribution in [1.82, 2.24) is 0 Å². The Kier molecular flexibility index (Phi) is 10.9. The zero-order chi connectivity index (χ0) is 31.1. The Morgan fingerprint density at radius 3 is 1.12 bits per heavy atom. The average molecular weight is 615 g/mol. The van der Waals surface area contributed by atoms with Gasteiger partial charge in [0.15, 0.2) is 24.7 Å². The smallest absolute Gasteiger partial charge is 0.176 e. The summed E-state index contributed by atoms with van der Waals surface area (Å²) in [7, 11) is -5.74. The summed E-state index contributed by atoms with van der Waals surface area (Å²) in [6.45, 7) is 25.2. The first-order chi connectivity index (χ1) is 19.6. The lowest BCUT2D eigenvalue weighted by atomic mass is 10.1. The van der Waals surface area contributed by atoms with Crippen LogP contribution in [0.2, 0.25) is 58.9 Å². The average Bonchev–Trinajstić information content (AvgIpc) is 2.92. The van der Waals surface area contributed by atoms with Crippen molar-refractivity contribution < 1.29 is 0 Å². The minimum absolute atomic E-state index is 0.728. The van der Waals surface area contributed by atoms with Crippen molar-refractivity contribution in [2.45, 2.75) is 79.2 Å². The number of hydrogen-bond donors (Lipinski definition) is 0. The van der Waals surface area contributed by atoms with Crippen LogP contribution in [0, 0.1) is 0 Å². The molecule has 0 saturated carbocycles. The van der Waals surface area contributed by atoms with E-state index in [0.717, 1.165) is 40.6 Å². The highest BCUT2D eigenvalue weighted by atomic mass is 28.3. The maximum atomic E-state index is 5.47. The van der Waals surface area contributed by atoms with Crippen molar-refractivity contribution in [2.75, 3.05) is 14.0 Å². The molecular formula is C33H50N6Si3. The SMILES string of the molecule is CCC(=N\N(c1ccccc1)[Si](C)(C)C)/C(=N\N(c1ccccc1)[Si](C)(C)C)C(/C)=N/N(c1ccccc1)[Si](C)(C)C. The molecule has 0 atom stereocenters. The molecule has 6 nitrogen and oxygen atoms in total. The lowest BCUT2D eigenvalue weighted by Crippen LogP contribution is -2.47. The van der Waals surface area contributed by atoms with Gasteiger partial charge in [-0.25, -0.2) is 0 Å².